The summed E-state index contributed by atoms with van der Waals surface area (Å²) in [5, 5.41) is 22.9. The lowest BCUT2D eigenvalue weighted by atomic mass is 10.1. The summed E-state index contributed by atoms with van der Waals surface area (Å²) in [5.74, 6) is 0. The van der Waals surface area contributed by atoms with Crippen LogP contribution in [-0.4, -0.2) is 25.5 Å². The summed E-state index contributed by atoms with van der Waals surface area (Å²) < 4.78 is 1.64. The molecule has 2 aromatic heterocycles. The molecular weight excluding hydrogens is 228 g/mol. The van der Waals surface area contributed by atoms with Gasteiger partial charge >= 0.3 is 0 Å². The molecule has 0 atom stereocenters. The first-order valence-electron chi connectivity index (χ1n) is 5.60. The van der Waals surface area contributed by atoms with Gasteiger partial charge in [0.25, 0.3) is 0 Å². The van der Waals surface area contributed by atoms with E-state index >= 15 is 0 Å². The van der Waals surface area contributed by atoms with Crippen LogP contribution in [0.1, 0.15) is 19.4 Å². The molecule has 1 N–H and O–H groups in total. The Morgan fingerprint density at radius 1 is 1.50 bits per heavy atom. The molecule has 2 heterocycles. The van der Waals surface area contributed by atoms with E-state index in [4.69, 9.17) is 5.26 Å². The van der Waals surface area contributed by atoms with Gasteiger partial charge in [0.05, 0.1) is 29.6 Å². The number of aromatic nitrogens is 3. The van der Waals surface area contributed by atoms with Gasteiger partial charge in [-0.25, -0.2) is 0 Å². The molecule has 18 heavy (non-hydrogen) atoms. The fourth-order valence-electron chi connectivity index (χ4n) is 1.69. The molecule has 0 aliphatic heterocycles. The van der Waals surface area contributed by atoms with Crippen molar-refractivity contribution in [3.8, 4) is 17.3 Å². The minimum atomic E-state index is -0.828. The normalized spacial score (nSPS) is 11.2. The highest BCUT2D eigenvalue weighted by molar-refractivity contribution is 5.64. The molecule has 0 spiro atoms. The van der Waals surface area contributed by atoms with E-state index < -0.39 is 5.60 Å². The Labute approximate surface area is 105 Å². The zero-order valence-electron chi connectivity index (χ0n) is 10.3. The van der Waals surface area contributed by atoms with Crippen LogP contribution in [-0.2, 0) is 6.54 Å². The average molecular weight is 242 g/mol. The van der Waals surface area contributed by atoms with E-state index in [1.54, 1.807) is 49.3 Å². The van der Waals surface area contributed by atoms with Gasteiger partial charge in [-0.15, -0.1) is 0 Å². The van der Waals surface area contributed by atoms with Crippen LogP contribution < -0.4 is 0 Å². The molecule has 2 rings (SSSR count). The van der Waals surface area contributed by atoms with Crippen molar-refractivity contribution in [2.75, 3.05) is 0 Å². The van der Waals surface area contributed by atoms with E-state index in [1.807, 2.05) is 0 Å². The number of hydrogen-bond acceptors (Lipinski definition) is 4. The molecule has 0 unspecified atom stereocenters. The van der Waals surface area contributed by atoms with E-state index in [2.05, 4.69) is 16.2 Å². The smallest absolute Gasteiger partial charge is 0.101 e. The standard InChI is InChI=1S/C13H14N4O/c1-13(2,18)9-17-8-11(7-16-17)12-10(6-14)4-3-5-15-12/h3-5,7-8,18H,9H2,1-2H3. The summed E-state index contributed by atoms with van der Waals surface area (Å²) in [5.41, 5.74) is 1.07. The molecule has 0 fully saturated rings. The molecule has 0 saturated carbocycles. The summed E-state index contributed by atoms with van der Waals surface area (Å²) in [6.07, 6.45) is 5.07. The third kappa shape index (κ3) is 2.73. The van der Waals surface area contributed by atoms with Crippen LogP contribution >= 0.6 is 0 Å². The summed E-state index contributed by atoms with van der Waals surface area (Å²) >= 11 is 0. The minimum absolute atomic E-state index is 0.391. The fourth-order valence-corrected chi connectivity index (χ4v) is 1.69. The molecule has 2 aromatic rings. The highest BCUT2D eigenvalue weighted by Crippen LogP contribution is 2.20. The monoisotopic (exact) mass is 242 g/mol. The van der Waals surface area contributed by atoms with Crippen molar-refractivity contribution >= 4 is 0 Å². The summed E-state index contributed by atoms with van der Waals surface area (Å²) in [7, 11) is 0. The maximum Gasteiger partial charge on any atom is 0.101 e. The Hall–Kier alpha value is -2.19. The first kappa shape index (κ1) is 12.3. The van der Waals surface area contributed by atoms with Gasteiger partial charge in [0.2, 0.25) is 0 Å². The predicted octanol–water partition coefficient (Wildman–Crippen LogP) is 1.59. The van der Waals surface area contributed by atoms with Crippen LogP contribution in [0.5, 0.6) is 0 Å². The quantitative estimate of drug-likeness (QED) is 0.886. The largest absolute Gasteiger partial charge is 0.389 e. The van der Waals surface area contributed by atoms with Gasteiger partial charge in [-0.1, -0.05) is 0 Å². The molecule has 92 valence electrons. The van der Waals surface area contributed by atoms with Crippen molar-refractivity contribution in [2.24, 2.45) is 0 Å². The lowest BCUT2D eigenvalue weighted by molar-refractivity contribution is 0.0577. The molecule has 0 aromatic carbocycles. The lowest BCUT2D eigenvalue weighted by Gasteiger charge is -2.16. The van der Waals surface area contributed by atoms with Gasteiger partial charge in [0, 0.05) is 18.0 Å². The number of pyridine rings is 1. The Morgan fingerprint density at radius 3 is 2.94 bits per heavy atom. The maximum absolute atomic E-state index is 9.72. The average Bonchev–Trinajstić information content (AvgIpc) is 2.75. The maximum atomic E-state index is 9.72. The topological polar surface area (TPSA) is 74.7 Å². The second-order valence-corrected chi connectivity index (χ2v) is 4.75. The van der Waals surface area contributed by atoms with Gasteiger partial charge in [-0.3, -0.25) is 9.67 Å². The number of aliphatic hydroxyl groups is 1. The fraction of sp³-hybridized carbons (Fsp3) is 0.308. The van der Waals surface area contributed by atoms with Gasteiger partial charge in [-0.2, -0.15) is 10.4 Å². The number of rotatable bonds is 3. The van der Waals surface area contributed by atoms with Crippen LogP contribution in [0.15, 0.2) is 30.7 Å². The van der Waals surface area contributed by atoms with Crippen LogP contribution in [0.2, 0.25) is 0 Å². The molecule has 0 amide bonds. The van der Waals surface area contributed by atoms with Gasteiger partial charge in [0.1, 0.15) is 6.07 Å². The van der Waals surface area contributed by atoms with Gasteiger partial charge in [-0.05, 0) is 26.0 Å². The minimum Gasteiger partial charge on any atom is -0.389 e. The Balaban J connectivity index is 2.33. The molecule has 0 aliphatic carbocycles. The highest BCUT2D eigenvalue weighted by atomic mass is 16.3. The van der Waals surface area contributed by atoms with Crippen molar-refractivity contribution in [1.82, 2.24) is 14.8 Å². The third-order valence-corrected chi connectivity index (χ3v) is 2.38. The van der Waals surface area contributed by atoms with Crippen LogP contribution in [0, 0.1) is 11.3 Å². The van der Waals surface area contributed by atoms with E-state index in [-0.39, 0.29) is 0 Å². The molecule has 0 bridgehead atoms. The zero-order chi connectivity index (χ0) is 13.2. The zero-order valence-corrected chi connectivity index (χ0v) is 10.3. The van der Waals surface area contributed by atoms with Crippen molar-refractivity contribution in [3.63, 3.8) is 0 Å². The molecule has 0 radical (unpaired) electrons. The summed E-state index contributed by atoms with van der Waals surface area (Å²) in [4.78, 5) is 4.19. The molecule has 5 nitrogen and oxygen atoms in total. The van der Waals surface area contributed by atoms with Crippen LogP contribution in [0.4, 0.5) is 0 Å². The van der Waals surface area contributed by atoms with Crippen molar-refractivity contribution in [2.45, 2.75) is 26.0 Å². The number of hydrogen-bond donors (Lipinski definition) is 1. The van der Waals surface area contributed by atoms with Gasteiger partial charge in [0.15, 0.2) is 0 Å². The summed E-state index contributed by atoms with van der Waals surface area (Å²) in [6, 6.07) is 5.55. The lowest BCUT2D eigenvalue weighted by Crippen LogP contribution is -2.26. The SMILES string of the molecule is CC(C)(O)Cn1cc(-c2ncccc2C#N)cn1. The predicted molar refractivity (Wildman–Crippen MR) is 66.5 cm³/mol. The highest BCUT2D eigenvalue weighted by Gasteiger charge is 2.15. The molecule has 0 saturated heterocycles. The van der Waals surface area contributed by atoms with Crippen molar-refractivity contribution in [1.29, 1.82) is 5.26 Å². The van der Waals surface area contributed by atoms with E-state index in [9.17, 15) is 5.11 Å². The first-order valence-corrected chi connectivity index (χ1v) is 5.60. The summed E-state index contributed by atoms with van der Waals surface area (Å²) in [6.45, 7) is 3.83. The number of nitrogens with zero attached hydrogens (tertiary/aromatic N) is 4. The Bertz CT molecular complexity index is 590. The molecular formula is C13H14N4O. The van der Waals surface area contributed by atoms with E-state index in [1.165, 1.54) is 0 Å². The van der Waals surface area contributed by atoms with Crippen molar-refractivity contribution in [3.05, 3.63) is 36.3 Å². The Kier molecular flexibility index (Phi) is 3.13. The van der Waals surface area contributed by atoms with Crippen molar-refractivity contribution < 1.29 is 5.11 Å². The second kappa shape index (κ2) is 4.59. The van der Waals surface area contributed by atoms with Crippen LogP contribution in [0.25, 0.3) is 11.3 Å². The third-order valence-electron chi connectivity index (χ3n) is 2.38. The second-order valence-electron chi connectivity index (χ2n) is 4.75. The Morgan fingerprint density at radius 2 is 2.28 bits per heavy atom. The molecule has 0 aliphatic rings. The number of nitriles is 1. The van der Waals surface area contributed by atoms with Gasteiger partial charge < -0.3 is 5.11 Å². The molecule has 5 heteroatoms. The van der Waals surface area contributed by atoms with E-state index in [0.717, 1.165) is 5.56 Å². The van der Waals surface area contributed by atoms with Crippen LogP contribution in [0.3, 0.4) is 0 Å². The first-order chi connectivity index (χ1) is 8.49. The van der Waals surface area contributed by atoms with E-state index in [0.29, 0.717) is 17.8 Å².